The second kappa shape index (κ2) is 8.88. The number of likely N-dealkylation sites (N-methyl/N-ethyl adjacent to an activating group) is 1. The Bertz CT molecular complexity index is 660. The summed E-state index contributed by atoms with van der Waals surface area (Å²) < 4.78 is 11.4. The summed E-state index contributed by atoms with van der Waals surface area (Å²) in [6.07, 6.45) is 2.60. The Morgan fingerprint density at radius 3 is 2.64 bits per heavy atom. The molecule has 1 heterocycles. The second-order valence-corrected chi connectivity index (χ2v) is 6.67. The first-order chi connectivity index (χ1) is 12.3. The van der Waals surface area contributed by atoms with E-state index in [-0.39, 0.29) is 0 Å². The van der Waals surface area contributed by atoms with Gasteiger partial charge in [-0.15, -0.1) is 0 Å². The number of likely N-dealkylation sites (tertiary alicyclic amines) is 1. The van der Waals surface area contributed by atoms with E-state index in [2.05, 4.69) is 41.5 Å². The van der Waals surface area contributed by atoms with Crippen molar-refractivity contribution in [1.82, 2.24) is 10.2 Å². The summed E-state index contributed by atoms with van der Waals surface area (Å²) in [6.45, 7) is 3.63. The van der Waals surface area contributed by atoms with Gasteiger partial charge in [0.1, 0.15) is 6.61 Å². The predicted molar refractivity (Wildman–Crippen MR) is 101 cm³/mol. The van der Waals surface area contributed by atoms with Crippen LogP contribution < -0.4 is 14.8 Å². The van der Waals surface area contributed by atoms with Gasteiger partial charge in [-0.1, -0.05) is 36.4 Å². The topological polar surface area (TPSA) is 33.7 Å². The van der Waals surface area contributed by atoms with Gasteiger partial charge >= 0.3 is 0 Å². The fourth-order valence-electron chi connectivity index (χ4n) is 3.30. The molecule has 1 aliphatic rings. The maximum absolute atomic E-state index is 5.99. The summed E-state index contributed by atoms with van der Waals surface area (Å²) in [5.41, 5.74) is 2.36. The zero-order valence-electron chi connectivity index (χ0n) is 15.2. The third kappa shape index (κ3) is 4.97. The van der Waals surface area contributed by atoms with Crippen LogP contribution in [0.15, 0.2) is 48.5 Å². The molecule has 3 rings (SSSR count). The minimum atomic E-state index is 0.543. The van der Waals surface area contributed by atoms with Crippen LogP contribution in [0.25, 0.3) is 0 Å². The van der Waals surface area contributed by atoms with Crippen molar-refractivity contribution in [2.45, 2.75) is 32.0 Å². The van der Waals surface area contributed by atoms with E-state index in [0.29, 0.717) is 12.6 Å². The summed E-state index contributed by atoms with van der Waals surface area (Å²) in [4.78, 5) is 2.44. The molecule has 4 heteroatoms. The Labute approximate surface area is 150 Å². The van der Waals surface area contributed by atoms with E-state index in [9.17, 15) is 0 Å². The van der Waals surface area contributed by atoms with E-state index in [0.717, 1.165) is 30.2 Å². The zero-order chi connectivity index (χ0) is 17.5. The lowest BCUT2D eigenvalue weighted by Gasteiger charge is -2.20. The Morgan fingerprint density at radius 1 is 1.08 bits per heavy atom. The first kappa shape index (κ1) is 17.8. The lowest BCUT2D eigenvalue weighted by molar-refractivity contribution is 0.283. The van der Waals surface area contributed by atoms with Gasteiger partial charge in [0, 0.05) is 19.1 Å². The van der Waals surface area contributed by atoms with Gasteiger partial charge < -0.3 is 19.7 Å². The smallest absolute Gasteiger partial charge is 0.161 e. The number of nitrogens with one attached hydrogen (secondary N) is 1. The average Bonchev–Trinajstić information content (AvgIpc) is 3.06. The molecule has 0 saturated carbocycles. The van der Waals surface area contributed by atoms with E-state index >= 15 is 0 Å². The van der Waals surface area contributed by atoms with Crippen molar-refractivity contribution in [3.63, 3.8) is 0 Å². The van der Waals surface area contributed by atoms with Crippen LogP contribution in [0.2, 0.25) is 0 Å². The maximum atomic E-state index is 5.99. The minimum Gasteiger partial charge on any atom is -0.493 e. The van der Waals surface area contributed by atoms with Gasteiger partial charge in [-0.05, 0) is 49.7 Å². The quantitative estimate of drug-likeness (QED) is 0.798. The SMILES string of the molecule is COc1ccc(CNCC2CCCN2C)cc1OCc1ccccc1. The molecular weight excluding hydrogens is 312 g/mol. The first-order valence-electron chi connectivity index (χ1n) is 9.01. The van der Waals surface area contributed by atoms with Crippen LogP contribution in [0, 0.1) is 0 Å². The van der Waals surface area contributed by atoms with Gasteiger partial charge in [0.25, 0.3) is 0 Å². The lowest BCUT2D eigenvalue weighted by atomic mass is 10.1. The molecule has 25 heavy (non-hydrogen) atoms. The fraction of sp³-hybridized carbons (Fsp3) is 0.429. The van der Waals surface area contributed by atoms with Crippen molar-refractivity contribution >= 4 is 0 Å². The number of rotatable bonds is 8. The third-order valence-electron chi connectivity index (χ3n) is 4.85. The van der Waals surface area contributed by atoms with Crippen LogP contribution in [-0.2, 0) is 13.2 Å². The van der Waals surface area contributed by atoms with Crippen molar-refractivity contribution in [3.05, 3.63) is 59.7 Å². The average molecular weight is 340 g/mol. The first-order valence-corrected chi connectivity index (χ1v) is 9.01. The van der Waals surface area contributed by atoms with E-state index in [1.165, 1.54) is 24.9 Å². The molecule has 1 fully saturated rings. The number of hydrogen-bond acceptors (Lipinski definition) is 4. The van der Waals surface area contributed by atoms with Crippen LogP contribution in [0.5, 0.6) is 11.5 Å². The highest BCUT2D eigenvalue weighted by atomic mass is 16.5. The molecule has 1 aliphatic heterocycles. The monoisotopic (exact) mass is 340 g/mol. The van der Waals surface area contributed by atoms with E-state index in [1.807, 2.05) is 24.3 Å². The van der Waals surface area contributed by atoms with Crippen LogP contribution in [-0.4, -0.2) is 38.2 Å². The molecule has 0 radical (unpaired) electrons. The molecular formula is C21H28N2O2. The highest BCUT2D eigenvalue weighted by Crippen LogP contribution is 2.29. The molecule has 2 aromatic rings. The maximum Gasteiger partial charge on any atom is 0.161 e. The third-order valence-corrected chi connectivity index (χ3v) is 4.85. The van der Waals surface area contributed by atoms with Crippen LogP contribution >= 0.6 is 0 Å². The molecule has 0 aromatic heterocycles. The normalized spacial score (nSPS) is 17.6. The molecule has 1 unspecified atom stereocenters. The molecule has 0 aliphatic carbocycles. The van der Waals surface area contributed by atoms with Crippen molar-refractivity contribution in [2.75, 3.05) is 27.2 Å². The molecule has 0 amide bonds. The lowest BCUT2D eigenvalue weighted by Crippen LogP contribution is -2.35. The summed E-state index contributed by atoms with van der Waals surface area (Å²) >= 11 is 0. The molecule has 4 nitrogen and oxygen atoms in total. The molecule has 134 valence electrons. The van der Waals surface area contributed by atoms with E-state index in [1.54, 1.807) is 7.11 Å². The van der Waals surface area contributed by atoms with Crippen LogP contribution in [0.1, 0.15) is 24.0 Å². The predicted octanol–water partition coefficient (Wildman–Crippen LogP) is 3.46. The Morgan fingerprint density at radius 2 is 1.92 bits per heavy atom. The molecule has 1 N–H and O–H groups in total. The van der Waals surface area contributed by atoms with Crippen LogP contribution in [0.3, 0.4) is 0 Å². The molecule has 0 bridgehead atoms. The Kier molecular flexibility index (Phi) is 6.31. The van der Waals surface area contributed by atoms with Gasteiger partial charge in [0.15, 0.2) is 11.5 Å². The van der Waals surface area contributed by atoms with Gasteiger partial charge in [-0.25, -0.2) is 0 Å². The summed E-state index contributed by atoms with van der Waals surface area (Å²) in [6, 6.07) is 17.0. The number of methoxy groups -OCH3 is 1. The van der Waals surface area contributed by atoms with Gasteiger partial charge in [-0.2, -0.15) is 0 Å². The van der Waals surface area contributed by atoms with E-state index in [4.69, 9.17) is 9.47 Å². The summed E-state index contributed by atoms with van der Waals surface area (Å²) in [7, 11) is 3.89. The summed E-state index contributed by atoms with van der Waals surface area (Å²) in [5, 5.41) is 3.57. The van der Waals surface area contributed by atoms with Crippen molar-refractivity contribution < 1.29 is 9.47 Å². The highest BCUT2D eigenvalue weighted by molar-refractivity contribution is 5.43. The fourth-order valence-corrected chi connectivity index (χ4v) is 3.30. The van der Waals surface area contributed by atoms with Crippen molar-refractivity contribution in [2.24, 2.45) is 0 Å². The standard InChI is InChI=1S/C21H28N2O2/c1-23-12-6-9-19(23)15-22-14-18-10-11-20(24-2)21(13-18)25-16-17-7-4-3-5-8-17/h3-5,7-8,10-11,13,19,22H,6,9,12,14-16H2,1-2H3. The van der Waals surface area contributed by atoms with Crippen molar-refractivity contribution in [1.29, 1.82) is 0 Å². The molecule has 0 spiro atoms. The van der Waals surface area contributed by atoms with Gasteiger partial charge in [0.2, 0.25) is 0 Å². The van der Waals surface area contributed by atoms with E-state index < -0.39 is 0 Å². The summed E-state index contributed by atoms with van der Waals surface area (Å²) in [5.74, 6) is 1.57. The number of hydrogen-bond donors (Lipinski definition) is 1. The molecule has 1 atom stereocenters. The van der Waals surface area contributed by atoms with Crippen LogP contribution in [0.4, 0.5) is 0 Å². The minimum absolute atomic E-state index is 0.543. The molecule has 1 saturated heterocycles. The zero-order valence-corrected chi connectivity index (χ0v) is 15.2. The number of nitrogens with zero attached hydrogens (tertiary/aromatic N) is 1. The number of benzene rings is 2. The van der Waals surface area contributed by atoms with Gasteiger partial charge in [-0.3, -0.25) is 0 Å². The Balaban J connectivity index is 1.57. The van der Waals surface area contributed by atoms with Crippen molar-refractivity contribution in [3.8, 4) is 11.5 Å². The Hall–Kier alpha value is -2.04. The number of ether oxygens (including phenoxy) is 2. The highest BCUT2D eigenvalue weighted by Gasteiger charge is 2.19. The second-order valence-electron chi connectivity index (χ2n) is 6.67. The van der Waals surface area contributed by atoms with Gasteiger partial charge in [0.05, 0.1) is 7.11 Å². The molecule has 2 aromatic carbocycles. The largest absolute Gasteiger partial charge is 0.493 e.